The Labute approximate surface area is 112 Å². The van der Waals surface area contributed by atoms with Crippen LogP contribution in [0.1, 0.15) is 43.5 Å². The fraction of sp³-hybridized carbons (Fsp3) is 0.533. The van der Waals surface area contributed by atoms with E-state index in [-0.39, 0.29) is 17.4 Å². The molecule has 1 aromatic carbocycles. The number of hydrogen-bond acceptors (Lipinski definition) is 3. The number of esters is 1. The molecule has 3 atom stereocenters. The lowest BCUT2D eigenvalue weighted by Crippen LogP contribution is -2.28. The van der Waals surface area contributed by atoms with Gasteiger partial charge in [0.1, 0.15) is 11.9 Å². The van der Waals surface area contributed by atoms with Crippen LogP contribution in [0, 0.1) is 17.7 Å². The number of ether oxygens (including phenoxy) is 1. The molecule has 19 heavy (non-hydrogen) atoms. The highest BCUT2D eigenvalue weighted by Gasteiger charge is 2.27. The van der Waals surface area contributed by atoms with Gasteiger partial charge in [0.2, 0.25) is 0 Å². The zero-order chi connectivity index (χ0) is 14.0. The summed E-state index contributed by atoms with van der Waals surface area (Å²) in [5.74, 6) is 0.208. The van der Waals surface area contributed by atoms with Gasteiger partial charge in [-0.2, -0.15) is 0 Å². The van der Waals surface area contributed by atoms with Crippen LogP contribution in [0.4, 0.5) is 10.1 Å². The van der Waals surface area contributed by atoms with E-state index in [9.17, 15) is 9.18 Å². The summed E-state index contributed by atoms with van der Waals surface area (Å²) >= 11 is 0. The smallest absolute Gasteiger partial charge is 0.338 e. The van der Waals surface area contributed by atoms with Gasteiger partial charge in [0.15, 0.2) is 0 Å². The van der Waals surface area contributed by atoms with Crippen molar-refractivity contribution in [2.24, 2.45) is 11.8 Å². The van der Waals surface area contributed by atoms with Gasteiger partial charge in [0.25, 0.3) is 0 Å². The Morgan fingerprint density at radius 2 is 2.00 bits per heavy atom. The molecule has 2 rings (SSSR count). The third-order valence-corrected chi connectivity index (χ3v) is 3.98. The molecule has 0 spiro atoms. The predicted octanol–water partition coefficient (Wildman–Crippen LogP) is 3.39. The standard InChI is InChI=1S/C15H20FNO2/c1-9-3-4-14(5-10(9)2)19-15(18)11-6-12(16)8-13(17)7-11/h6-10,14H,3-5,17H2,1-2H3. The second kappa shape index (κ2) is 5.59. The van der Waals surface area contributed by atoms with Crippen LogP contribution in [0.2, 0.25) is 0 Å². The minimum absolute atomic E-state index is 0.0665. The monoisotopic (exact) mass is 265 g/mol. The van der Waals surface area contributed by atoms with Crippen LogP contribution in [0.3, 0.4) is 0 Å². The lowest BCUT2D eigenvalue weighted by atomic mass is 9.80. The fourth-order valence-electron chi connectivity index (χ4n) is 2.55. The van der Waals surface area contributed by atoms with E-state index in [4.69, 9.17) is 10.5 Å². The third-order valence-electron chi connectivity index (χ3n) is 3.98. The van der Waals surface area contributed by atoms with Crippen molar-refractivity contribution in [3.63, 3.8) is 0 Å². The van der Waals surface area contributed by atoms with Gasteiger partial charge in [-0.1, -0.05) is 13.8 Å². The van der Waals surface area contributed by atoms with Crippen LogP contribution >= 0.6 is 0 Å². The van der Waals surface area contributed by atoms with E-state index in [0.717, 1.165) is 25.3 Å². The minimum atomic E-state index is -0.516. The molecule has 2 N–H and O–H groups in total. The molecule has 0 aromatic heterocycles. The summed E-state index contributed by atoms with van der Waals surface area (Å²) in [6, 6.07) is 3.79. The van der Waals surface area contributed by atoms with Crippen molar-refractivity contribution in [1.29, 1.82) is 0 Å². The predicted molar refractivity (Wildman–Crippen MR) is 72.2 cm³/mol. The summed E-state index contributed by atoms with van der Waals surface area (Å²) in [7, 11) is 0. The molecular formula is C15H20FNO2. The Morgan fingerprint density at radius 3 is 2.63 bits per heavy atom. The average molecular weight is 265 g/mol. The Morgan fingerprint density at radius 1 is 1.26 bits per heavy atom. The minimum Gasteiger partial charge on any atom is -0.459 e. The average Bonchev–Trinajstić information content (AvgIpc) is 2.32. The number of nitrogen functional groups attached to an aromatic ring is 1. The molecular weight excluding hydrogens is 245 g/mol. The van der Waals surface area contributed by atoms with Crippen molar-refractivity contribution in [3.8, 4) is 0 Å². The zero-order valence-corrected chi connectivity index (χ0v) is 11.4. The first-order chi connectivity index (χ1) is 8.95. The largest absolute Gasteiger partial charge is 0.459 e. The van der Waals surface area contributed by atoms with Crippen LogP contribution < -0.4 is 5.73 Å². The van der Waals surface area contributed by atoms with Crippen LogP contribution in [-0.2, 0) is 4.74 Å². The number of carbonyl (C=O) groups excluding carboxylic acids is 1. The van der Waals surface area contributed by atoms with Crippen molar-refractivity contribution in [1.82, 2.24) is 0 Å². The van der Waals surface area contributed by atoms with Crippen molar-refractivity contribution in [3.05, 3.63) is 29.6 Å². The molecule has 1 aromatic rings. The highest BCUT2D eigenvalue weighted by Crippen LogP contribution is 2.31. The van der Waals surface area contributed by atoms with Gasteiger partial charge in [-0.3, -0.25) is 0 Å². The number of hydrogen-bond donors (Lipinski definition) is 1. The lowest BCUT2D eigenvalue weighted by Gasteiger charge is -2.31. The molecule has 0 bridgehead atoms. The first-order valence-electron chi connectivity index (χ1n) is 6.72. The van der Waals surface area contributed by atoms with E-state index in [1.165, 1.54) is 12.1 Å². The van der Waals surface area contributed by atoms with E-state index in [2.05, 4.69) is 13.8 Å². The Hall–Kier alpha value is -1.58. The molecule has 0 radical (unpaired) electrons. The van der Waals surface area contributed by atoms with Gasteiger partial charge in [0, 0.05) is 5.69 Å². The summed E-state index contributed by atoms with van der Waals surface area (Å²) in [6.07, 6.45) is 2.74. The summed E-state index contributed by atoms with van der Waals surface area (Å²) in [5.41, 5.74) is 5.94. The fourth-order valence-corrected chi connectivity index (χ4v) is 2.55. The zero-order valence-electron chi connectivity index (χ0n) is 11.4. The van der Waals surface area contributed by atoms with Gasteiger partial charge >= 0.3 is 5.97 Å². The topological polar surface area (TPSA) is 52.3 Å². The number of rotatable bonds is 2. The van der Waals surface area contributed by atoms with Gasteiger partial charge < -0.3 is 10.5 Å². The van der Waals surface area contributed by atoms with E-state index in [1.54, 1.807) is 0 Å². The highest BCUT2D eigenvalue weighted by molar-refractivity contribution is 5.90. The lowest BCUT2D eigenvalue weighted by molar-refractivity contribution is 0.00875. The maximum Gasteiger partial charge on any atom is 0.338 e. The molecule has 0 heterocycles. The molecule has 1 aliphatic carbocycles. The number of nitrogens with two attached hydrogens (primary N) is 1. The molecule has 3 nitrogen and oxygen atoms in total. The SMILES string of the molecule is CC1CCC(OC(=O)c2cc(N)cc(F)c2)CC1C. The van der Waals surface area contributed by atoms with Crippen molar-refractivity contribution >= 4 is 11.7 Å². The van der Waals surface area contributed by atoms with Crippen molar-refractivity contribution < 1.29 is 13.9 Å². The number of benzene rings is 1. The summed E-state index contributed by atoms with van der Waals surface area (Å²) in [5, 5.41) is 0. The molecule has 104 valence electrons. The number of anilines is 1. The van der Waals surface area contributed by atoms with Crippen LogP contribution in [0.25, 0.3) is 0 Å². The van der Waals surface area contributed by atoms with Crippen LogP contribution in [0.15, 0.2) is 18.2 Å². The molecule has 4 heteroatoms. The number of carbonyl (C=O) groups is 1. The summed E-state index contributed by atoms with van der Waals surface area (Å²) in [6.45, 7) is 4.39. The van der Waals surface area contributed by atoms with Crippen LogP contribution in [-0.4, -0.2) is 12.1 Å². The molecule has 0 aliphatic heterocycles. The Kier molecular flexibility index (Phi) is 4.08. The highest BCUT2D eigenvalue weighted by atomic mass is 19.1. The molecule has 1 saturated carbocycles. The molecule has 3 unspecified atom stereocenters. The van der Waals surface area contributed by atoms with Crippen molar-refractivity contribution in [2.45, 2.75) is 39.2 Å². The normalized spacial score (nSPS) is 27.0. The van der Waals surface area contributed by atoms with Crippen molar-refractivity contribution in [2.75, 3.05) is 5.73 Å². The van der Waals surface area contributed by atoms with Gasteiger partial charge in [-0.25, -0.2) is 9.18 Å². The first kappa shape index (κ1) is 13.8. The quantitative estimate of drug-likeness (QED) is 0.658. The third kappa shape index (κ3) is 3.46. The summed E-state index contributed by atoms with van der Waals surface area (Å²) < 4.78 is 18.6. The van der Waals surface area contributed by atoms with Gasteiger partial charge in [0.05, 0.1) is 5.56 Å². The molecule has 0 amide bonds. The van der Waals surface area contributed by atoms with Crippen LogP contribution in [0.5, 0.6) is 0 Å². The second-order valence-electron chi connectivity index (χ2n) is 5.57. The second-order valence-corrected chi connectivity index (χ2v) is 5.57. The number of halogens is 1. The van der Waals surface area contributed by atoms with E-state index < -0.39 is 11.8 Å². The maximum absolute atomic E-state index is 13.2. The van der Waals surface area contributed by atoms with E-state index in [1.807, 2.05) is 0 Å². The van der Waals surface area contributed by atoms with Gasteiger partial charge in [-0.15, -0.1) is 0 Å². The summed E-state index contributed by atoms with van der Waals surface area (Å²) in [4.78, 5) is 12.0. The van der Waals surface area contributed by atoms with E-state index >= 15 is 0 Å². The van der Waals surface area contributed by atoms with Gasteiger partial charge in [-0.05, 0) is 49.3 Å². The molecule has 1 aliphatic rings. The Bertz CT molecular complexity index is 455. The first-order valence-corrected chi connectivity index (χ1v) is 6.72. The molecule has 1 fully saturated rings. The maximum atomic E-state index is 13.2. The Balaban J connectivity index is 2.01. The molecule has 0 saturated heterocycles. The van der Waals surface area contributed by atoms with E-state index in [0.29, 0.717) is 11.8 Å².